The summed E-state index contributed by atoms with van der Waals surface area (Å²) in [5.41, 5.74) is 0.117. The van der Waals surface area contributed by atoms with Gasteiger partial charge in [0.05, 0.1) is 11.6 Å². The normalized spacial score (nSPS) is 20.7. The summed E-state index contributed by atoms with van der Waals surface area (Å²) in [7, 11) is 1.97. The quantitative estimate of drug-likeness (QED) is 0.789. The molecular formula is C13H17FN2O2. The largest absolute Gasteiger partial charge is 0.508 e. The van der Waals surface area contributed by atoms with Gasteiger partial charge in [-0.05, 0) is 38.6 Å². The first-order valence-electron chi connectivity index (χ1n) is 6.04. The molecular weight excluding hydrogens is 235 g/mol. The molecule has 1 heterocycles. The molecule has 0 radical (unpaired) electrons. The van der Waals surface area contributed by atoms with E-state index in [2.05, 4.69) is 10.2 Å². The van der Waals surface area contributed by atoms with E-state index in [0.29, 0.717) is 6.54 Å². The lowest BCUT2D eigenvalue weighted by molar-refractivity contribution is -0.121. The second-order valence-corrected chi connectivity index (χ2v) is 4.75. The molecule has 0 aromatic heterocycles. The number of carbonyl (C=O) groups is 1. The zero-order valence-corrected chi connectivity index (χ0v) is 10.3. The molecule has 1 atom stereocenters. The molecule has 1 aromatic carbocycles. The van der Waals surface area contributed by atoms with Crippen LogP contribution in [0.3, 0.4) is 0 Å². The molecule has 1 aromatic rings. The van der Waals surface area contributed by atoms with Crippen LogP contribution >= 0.6 is 0 Å². The molecule has 0 aliphatic carbocycles. The SMILES string of the molecule is CN1CCCC(C(=O)Nc2ccc(O)cc2F)C1. The van der Waals surface area contributed by atoms with Crippen molar-refractivity contribution in [1.82, 2.24) is 4.90 Å². The van der Waals surface area contributed by atoms with Gasteiger partial charge in [-0.25, -0.2) is 4.39 Å². The summed E-state index contributed by atoms with van der Waals surface area (Å²) in [5.74, 6) is -1.03. The minimum Gasteiger partial charge on any atom is -0.508 e. The van der Waals surface area contributed by atoms with E-state index in [4.69, 9.17) is 5.11 Å². The molecule has 1 amide bonds. The summed E-state index contributed by atoms with van der Waals surface area (Å²) in [6.07, 6.45) is 1.81. The Morgan fingerprint density at radius 2 is 2.33 bits per heavy atom. The Kier molecular flexibility index (Phi) is 3.81. The Hall–Kier alpha value is -1.62. The third kappa shape index (κ3) is 2.98. The monoisotopic (exact) mass is 252 g/mol. The van der Waals surface area contributed by atoms with Crippen molar-refractivity contribution in [3.63, 3.8) is 0 Å². The highest BCUT2D eigenvalue weighted by molar-refractivity contribution is 5.92. The Bertz CT molecular complexity index is 451. The van der Waals surface area contributed by atoms with E-state index in [1.165, 1.54) is 12.1 Å². The molecule has 1 saturated heterocycles. The number of carbonyl (C=O) groups excluding carboxylic acids is 1. The maximum Gasteiger partial charge on any atom is 0.228 e. The average molecular weight is 252 g/mol. The summed E-state index contributed by atoms with van der Waals surface area (Å²) < 4.78 is 13.5. The first kappa shape index (κ1) is 12.8. The van der Waals surface area contributed by atoms with Crippen LogP contribution < -0.4 is 5.32 Å². The number of likely N-dealkylation sites (tertiary alicyclic amines) is 1. The van der Waals surface area contributed by atoms with E-state index >= 15 is 0 Å². The molecule has 0 saturated carbocycles. The van der Waals surface area contributed by atoms with Crippen LogP contribution in [0, 0.1) is 11.7 Å². The maximum atomic E-state index is 13.5. The molecule has 0 spiro atoms. The van der Waals surface area contributed by atoms with Gasteiger partial charge in [-0.15, -0.1) is 0 Å². The number of nitrogens with one attached hydrogen (secondary N) is 1. The molecule has 4 nitrogen and oxygen atoms in total. The van der Waals surface area contributed by atoms with Crippen LogP contribution in [0.25, 0.3) is 0 Å². The molecule has 1 aliphatic rings. The molecule has 1 fully saturated rings. The summed E-state index contributed by atoms with van der Waals surface area (Å²) >= 11 is 0. The average Bonchev–Trinajstić information content (AvgIpc) is 2.32. The molecule has 0 bridgehead atoms. The van der Waals surface area contributed by atoms with Crippen LogP contribution in [0.5, 0.6) is 5.75 Å². The zero-order valence-electron chi connectivity index (χ0n) is 10.3. The second kappa shape index (κ2) is 5.35. The lowest BCUT2D eigenvalue weighted by Gasteiger charge is -2.28. The summed E-state index contributed by atoms with van der Waals surface area (Å²) in [5, 5.41) is 11.7. The molecule has 1 unspecified atom stereocenters. The first-order chi connectivity index (χ1) is 8.56. The Labute approximate surface area is 105 Å². The standard InChI is InChI=1S/C13H17FN2O2/c1-16-6-2-3-9(8-16)13(18)15-12-5-4-10(17)7-11(12)14/h4-5,7,9,17H,2-3,6,8H2,1H3,(H,15,18). The van der Waals surface area contributed by atoms with Crippen molar-refractivity contribution >= 4 is 11.6 Å². The summed E-state index contributed by atoms with van der Waals surface area (Å²) in [4.78, 5) is 14.1. The lowest BCUT2D eigenvalue weighted by atomic mass is 9.97. The van der Waals surface area contributed by atoms with Gasteiger partial charge in [-0.3, -0.25) is 4.79 Å². The number of amides is 1. The van der Waals surface area contributed by atoms with Crippen LogP contribution in [0.2, 0.25) is 0 Å². The second-order valence-electron chi connectivity index (χ2n) is 4.75. The van der Waals surface area contributed by atoms with E-state index in [9.17, 15) is 9.18 Å². The Balaban J connectivity index is 2.02. The van der Waals surface area contributed by atoms with Crippen molar-refractivity contribution in [1.29, 1.82) is 0 Å². The van der Waals surface area contributed by atoms with Gasteiger partial charge in [0.2, 0.25) is 5.91 Å². The van der Waals surface area contributed by atoms with Crippen LogP contribution in [0.1, 0.15) is 12.8 Å². The van der Waals surface area contributed by atoms with E-state index in [1.54, 1.807) is 0 Å². The van der Waals surface area contributed by atoms with Crippen LogP contribution in [-0.4, -0.2) is 36.1 Å². The number of piperidine rings is 1. The molecule has 98 valence electrons. The van der Waals surface area contributed by atoms with Crippen molar-refractivity contribution in [2.75, 3.05) is 25.5 Å². The van der Waals surface area contributed by atoms with E-state index < -0.39 is 5.82 Å². The minimum absolute atomic E-state index is 0.100. The van der Waals surface area contributed by atoms with Crippen molar-refractivity contribution in [2.45, 2.75) is 12.8 Å². The number of phenolic OH excluding ortho intramolecular Hbond substituents is 1. The van der Waals surface area contributed by atoms with Crippen molar-refractivity contribution in [3.8, 4) is 5.75 Å². The minimum atomic E-state index is -0.618. The summed E-state index contributed by atoms with van der Waals surface area (Å²) in [6.45, 7) is 1.70. The molecule has 18 heavy (non-hydrogen) atoms. The predicted octanol–water partition coefficient (Wildman–Crippen LogP) is 1.81. The van der Waals surface area contributed by atoms with Gasteiger partial charge in [0.1, 0.15) is 11.6 Å². The Morgan fingerprint density at radius 3 is 3.00 bits per heavy atom. The molecule has 1 aliphatic heterocycles. The fraction of sp³-hybridized carbons (Fsp3) is 0.462. The van der Waals surface area contributed by atoms with Gasteiger partial charge in [-0.1, -0.05) is 0 Å². The van der Waals surface area contributed by atoms with Gasteiger partial charge in [0.25, 0.3) is 0 Å². The van der Waals surface area contributed by atoms with Gasteiger partial charge in [0.15, 0.2) is 0 Å². The Morgan fingerprint density at radius 1 is 1.56 bits per heavy atom. The van der Waals surface area contributed by atoms with Crippen LogP contribution in [0.15, 0.2) is 18.2 Å². The first-order valence-corrected chi connectivity index (χ1v) is 6.04. The molecule has 2 N–H and O–H groups in total. The number of halogens is 1. The third-order valence-electron chi connectivity index (χ3n) is 3.21. The van der Waals surface area contributed by atoms with Crippen LogP contribution in [0.4, 0.5) is 10.1 Å². The number of hydrogen-bond acceptors (Lipinski definition) is 3. The van der Waals surface area contributed by atoms with Gasteiger partial charge >= 0.3 is 0 Å². The predicted molar refractivity (Wildman–Crippen MR) is 66.9 cm³/mol. The topological polar surface area (TPSA) is 52.6 Å². The highest BCUT2D eigenvalue weighted by Gasteiger charge is 2.24. The van der Waals surface area contributed by atoms with E-state index in [0.717, 1.165) is 25.5 Å². The van der Waals surface area contributed by atoms with E-state index in [-0.39, 0.29) is 23.3 Å². The number of nitrogens with zero attached hydrogens (tertiary/aromatic N) is 1. The third-order valence-corrected chi connectivity index (χ3v) is 3.21. The smallest absolute Gasteiger partial charge is 0.228 e. The molecule has 5 heteroatoms. The lowest BCUT2D eigenvalue weighted by Crippen LogP contribution is -2.38. The maximum absolute atomic E-state index is 13.5. The fourth-order valence-corrected chi connectivity index (χ4v) is 2.22. The van der Waals surface area contributed by atoms with Gasteiger partial charge in [-0.2, -0.15) is 0 Å². The number of aromatic hydroxyl groups is 1. The number of benzene rings is 1. The number of anilines is 1. The van der Waals surface area contributed by atoms with Crippen LogP contribution in [-0.2, 0) is 4.79 Å². The van der Waals surface area contributed by atoms with Crippen molar-refractivity contribution < 1.29 is 14.3 Å². The highest BCUT2D eigenvalue weighted by Crippen LogP contribution is 2.22. The zero-order chi connectivity index (χ0) is 13.1. The number of hydrogen-bond donors (Lipinski definition) is 2. The van der Waals surface area contributed by atoms with Crippen molar-refractivity contribution in [3.05, 3.63) is 24.0 Å². The van der Waals surface area contributed by atoms with Crippen molar-refractivity contribution in [2.24, 2.45) is 5.92 Å². The van der Waals surface area contributed by atoms with E-state index in [1.807, 2.05) is 7.05 Å². The summed E-state index contributed by atoms with van der Waals surface area (Å²) in [6, 6.07) is 3.71. The molecule has 2 rings (SSSR count). The number of rotatable bonds is 2. The van der Waals surface area contributed by atoms with Gasteiger partial charge in [0, 0.05) is 12.6 Å². The fourth-order valence-electron chi connectivity index (χ4n) is 2.22. The number of phenols is 1. The highest BCUT2D eigenvalue weighted by atomic mass is 19.1. The van der Waals surface area contributed by atoms with Gasteiger partial charge < -0.3 is 15.3 Å².